The van der Waals surface area contributed by atoms with E-state index in [9.17, 15) is 9.90 Å². The molecule has 1 saturated heterocycles. The Bertz CT molecular complexity index is 1130. The number of nitrogens with one attached hydrogen (secondary N) is 2. The zero-order valence-electron chi connectivity index (χ0n) is 18.6. The normalized spacial score (nSPS) is 16.2. The van der Waals surface area contributed by atoms with Gasteiger partial charge in [0.15, 0.2) is 0 Å². The van der Waals surface area contributed by atoms with E-state index in [1.54, 1.807) is 48.1 Å². The van der Waals surface area contributed by atoms with Gasteiger partial charge in [0.2, 0.25) is 5.95 Å². The van der Waals surface area contributed by atoms with Gasteiger partial charge in [-0.3, -0.25) is 9.36 Å². The number of aliphatic hydroxyl groups is 1. The van der Waals surface area contributed by atoms with Crippen LogP contribution in [0.25, 0.3) is 5.82 Å². The van der Waals surface area contributed by atoms with Crippen LogP contribution in [0, 0.1) is 6.92 Å². The molecule has 3 N–H and O–H groups in total. The highest BCUT2D eigenvalue weighted by Crippen LogP contribution is 2.24. The Morgan fingerprint density at radius 3 is 2.85 bits per heavy atom. The lowest BCUT2D eigenvalue weighted by molar-refractivity contribution is 0.0845. The fraction of sp³-hybridized carbons (Fsp3) is 0.391. The first-order chi connectivity index (χ1) is 15.9. The van der Waals surface area contributed by atoms with Crippen LogP contribution in [0.1, 0.15) is 41.4 Å². The van der Waals surface area contributed by atoms with Gasteiger partial charge in [0.25, 0.3) is 5.91 Å². The fourth-order valence-electron chi connectivity index (χ4n) is 3.69. The summed E-state index contributed by atoms with van der Waals surface area (Å²) in [6, 6.07) is 7.30. The lowest BCUT2D eigenvalue weighted by atomic mass is 9.92. The largest absolute Gasteiger partial charge is 0.394 e. The molecule has 0 spiro atoms. The van der Waals surface area contributed by atoms with Crippen molar-refractivity contribution in [3.05, 3.63) is 64.8 Å². The zero-order valence-corrected chi connectivity index (χ0v) is 19.3. The smallest absolute Gasteiger partial charge is 0.272 e. The molecule has 0 radical (unpaired) electrons. The molecule has 0 bridgehead atoms. The van der Waals surface area contributed by atoms with Crippen molar-refractivity contribution in [2.75, 3.05) is 25.1 Å². The van der Waals surface area contributed by atoms with Crippen LogP contribution in [-0.4, -0.2) is 56.4 Å². The van der Waals surface area contributed by atoms with E-state index in [0.29, 0.717) is 22.4 Å². The molecular weight excluding hydrogens is 444 g/mol. The highest BCUT2D eigenvalue weighted by atomic mass is 35.5. The standard InChI is InChI=1S/C23H27ClN6O3/c1-15-11-25-22(27-18-6-8-33-9-7-18)28-20(15)30-12-19(26-14-30)21(32)29-23(2,13-31)16-4-3-5-17(24)10-16/h3-5,10-12,14,18,31H,6-9,13H2,1-2H3,(H,29,32)(H,25,27,28). The predicted octanol–water partition coefficient (Wildman–Crippen LogP) is 2.85. The fourth-order valence-corrected chi connectivity index (χ4v) is 3.88. The first kappa shape index (κ1) is 23.2. The van der Waals surface area contributed by atoms with Crippen molar-refractivity contribution in [1.82, 2.24) is 24.8 Å². The predicted molar refractivity (Wildman–Crippen MR) is 125 cm³/mol. The summed E-state index contributed by atoms with van der Waals surface area (Å²) in [5.41, 5.74) is 0.725. The third-order valence-electron chi connectivity index (χ3n) is 5.73. The van der Waals surface area contributed by atoms with E-state index in [1.165, 1.54) is 6.33 Å². The van der Waals surface area contributed by atoms with E-state index in [-0.39, 0.29) is 18.3 Å². The highest BCUT2D eigenvalue weighted by Gasteiger charge is 2.29. The molecule has 9 nitrogen and oxygen atoms in total. The van der Waals surface area contributed by atoms with E-state index in [0.717, 1.165) is 31.6 Å². The minimum absolute atomic E-state index is 0.202. The number of carbonyl (C=O) groups is 1. The SMILES string of the molecule is Cc1cnc(NC2CCOCC2)nc1-n1cnc(C(=O)NC(C)(CO)c2cccc(Cl)c2)c1. The number of aromatic nitrogens is 4. The molecule has 1 aromatic carbocycles. The van der Waals surface area contributed by atoms with E-state index >= 15 is 0 Å². The number of halogens is 1. The number of amides is 1. The van der Waals surface area contributed by atoms with Crippen LogP contribution >= 0.6 is 11.6 Å². The lowest BCUT2D eigenvalue weighted by Crippen LogP contribution is -2.46. The van der Waals surface area contributed by atoms with Gasteiger partial charge in [-0.15, -0.1) is 0 Å². The van der Waals surface area contributed by atoms with Crippen molar-refractivity contribution < 1.29 is 14.6 Å². The van der Waals surface area contributed by atoms with Crippen molar-refractivity contribution in [3.8, 4) is 5.82 Å². The molecule has 33 heavy (non-hydrogen) atoms. The lowest BCUT2D eigenvalue weighted by Gasteiger charge is -2.29. The van der Waals surface area contributed by atoms with Crippen molar-refractivity contribution in [3.63, 3.8) is 0 Å². The summed E-state index contributed by atoms with van der Waals surface area (Å²) in [6.07, 6.45) is 6.69. The van der Waals surface area contributed by atoms with Crippen LogP contribution in [-0.2, 0) is 10.3 Å². The summed E-state index contributed by atoms with van der Waals surface area (Å²) in [6.45, 7) is 4.77. The highest BCUT2D eigenvalue weighted by molar-refractivity contribution is 6.30. The molecule has 1 aliphatic heterocycles. The summed E-state index contributed by atoms with van der Waals surface area (Å²) < 4.78 is 7.09. The van der Waals surface area contributed by atoms with Crippen LogP contribution in [0.2, 0.25) is 5.02 Å². The Kier molecular flexibility index (Phi) is 6.92. The number of carbonyl (C=O) groups excluding carboxylic acids is 1. The number of rotatable bonds is 7. The summed E-state index contributed by atoms with van der Waals surface area (Å²) in [5, 5.41) is 16.7. The summed E-state index contributed by atoms with van der Waals surface area (Å²) >= 11 is 6.09. The van der Waals surface area contributed by atoms with Gasteiger partial charge in [-0.05, 0) is 44.4 Å². The molecule has 174 valence electrons. The maximum atomic E-state index is 12.9. The van der Waals surface area contributed by atoms with E-state index in [1.807, 2.05) is 6.92 Å². The van der Waals surface area contributed by atoms with Crippen LogP contribution in [0.4, 0.5) is 5.95 Å². The number of hydrogen-bond acceptors (Lipinski definition) is 7. The molecule has 3 aromatic rings. The van der Waals surface area contributed by atoms with Crippen molar-refractivity contribution >= 4 is 23.5 Å². The van der Waals surface area contributed by atoms with E-state index in [4.69, 9.17) is 16.3 Å². The number of anilines is 1. The third-order valence-corrected chi connectivity index (χ3v) is 5.96. The first-order valence-corrected chi connectivity index (χ1v) is 11.2. The van der Waals surface area contributed by atoms with Gasteiger partial charge in [0.05, 0.1) is 12.1 Å². The van der Waals surface area contributed by atoms with Crippen LogP contribution in [0.5, 0.6) is 0 Å². The first-order valence-electron chi connectivity index (χ1n) is 10.8. The molecule has 3 heterocycles. The van der Waals surface area contributed by atoms with Gasteiger partial charge >= 0.3 is 0 Å². The van der Waals surface area contributed by atoms with Crippen molar-refractivity contribution in [2.45, 2.75) is 38.3 Å². The minimum Gasteiger partial charge on any atom is -0.394 e. The topological polar surface area (TPSA) is 114 Å². The number of hydrogen-bond donors (Lipinski definition) is 3. The van der Waals surface area contributed by atoms with Gasteiger partial charge in [-0.25, -0.2) is 9.97 Å². The molecular formula is C23H27ClN6O3. The molecule has 4 rings (SSSR count). The Morgan fingerprint density at radius 2 is 2.12 bits per heavy atom. The quantitative estimate of drug-likeness (QED) is 0.486. The maximum absolute atomic E-state index is 12.9. The summed E-state index contributed by atoms with van der Waals surface area (Å²) in [7, 11) is 0. The van der Waals surface area contributed by atoms with E-state index in [2.05, 4.69) is 25.6 Å². The molecule has 1 atom stereocenters. The number of aryl methyl sites for hydroxylation is 1. The van der Waals surface area contributed by atoms with Crippen LogP contribution < -0.4 is 10.6 Å². The Morgan fingerprint density at radius 1 is 1.33 bits per heavy atom. The molecule has 1 fully saturated rings. The number of ether oxygens (including phenoxy) is 1. The number of nitrogens with zero attached hydrogens (tertiary/aromatic N) is 4. The van der Waals surface area contributed by atoms with Gasteiger partial charge in [-0.2, -0.15) is 4.98 Å². The number of aliphatic hydroxyl groups excluding tert-OH is 1. The Labute approximate surface area is 197 Å². The number of benzene rings is 1. The summed E-state index contributed by atoms with van der Waals surface area (Å²) in [5.74, 6) is 0.736. The molecule has 1 amide bonds. The third kappa shape index (κ3) is 5.32. The molecule has 10 heteroatoms. The van der Waals surface area contributed by atoms with Gasteiger partial charge in [0, 0.05) is 42.2 Å². The molecule has 2 aromatic heterocycles. The zero-order chi connectivity index (χ0) is 23.4. The minimum atomic E-state index is -1.02. The average molecular weight is 471 g/mol. The molecule has 0 saturated carbocycles. The molecule has 0 aliphatic carbocycles. The number of imidazole rings is 1. The second-order valence-electron chi connectivity index (χ2n) is 8.35. The molecule has 1 aliphatic rings. The Balaban J connectivity index is 1.52. The van der Waals surface area contributed by atoms with Crippen LogP contribution in [0.3, 0.4) is 0 Å². The monoisotopic (exact) mass is 470 g/mol. The van der Waals surface area contributed by atoms with Gasteiger partial charge in [0.1, 0.15) is 17.8 Å². The average Bonchev–Trinajstić information content (AvgIpc) is 3.31. The second kappa shape index (κ2) is 9.86. The summed E-state index contributed by atoms with van der Waals surface area (Å²) in [4.78, 5) is 26.2. The van der Waals surface area contributed by atoms with Crippen molar-refractivity contribution in [1.29, 1.82) is 0 Å². The second-order valence-corrected chi connectivity index (χ2v) is 8.79. The van der Waals surface area contributed by atoms with Gasteiger partial charge < -0.3 is 20.5 Å². The van der Waals surface area contributed by atoms with Gasteiger partial charge in [-0.1, -0.05) is 23.7 Å². The Hall–Kier alpha value is -3.01. The van der Waals surface area contributed by atoms with Crippen molar-refractivity contribution in [2.24, 2.45) is 0 Å². The van der Waals surface area contributed by atoms with E-state index < -0.39 is 11.4 Å². The molecule has 1 unspecified atom stereocenters. The van der Waals surface area contributed by atoms with Crippen LogP contribution in [0.15, 0.2) is 43.0 Å². The maximum Gasteiger partial charge on any atom is 0.272 e.